The first kappa shape index (κ1) is 44.3. The van der Waals surface area contributed by atoms with Gasteiger partial charge in [0.1, 0.15) is 25.9 Å². The van der Waals surface area contributed by atoms with Gasteiger partial charge in [-0.3, -0.25) is 24.0 Å². The molecule has 0 bridgehead atoms. The summed E-state index contributed by atoms with van der Waals surface area (Å²) in [7, 11) is 0. The Bertz CT molecular complexity index is 1350. The third-order valence-electron chi connectivity index (χ3n) is 8.16. The van der Waals surface area contributed by atoms with Crippen LogP contribution in [0.1, 0.15) is 122 Å². The molecule has 0 aromatic rings. The van der Waals surface area contributed by atoms with Gasteiger partial charge < -0.3 is 30.2 Å². The van der Waals surface area contributed by atoms with E-state index in [1.54, 1.807) is 0 Å². The summed E-state index contributed by atoms with van der Waals surface area (Å²) >= 11 is 0. The number of hydrogen-bond donors (Lipinski definition) is 3. The highest BCUT2D eigenvalue weighted by atomic mass is 16.5. The average Bonchev–Trinajstić information content (AvgIpc) is 3.13. The highest BCUT2D eigenvalue weighted by molar-refractivity contribution is 5.89. The van der Waals surface area contributed by atoms with Gasteiger partial charge in [-0.2, -0.15) is 0 Å². The predicted molar refractivity (Wildman–Crippen MR) is 206 cm³/mol. The van der Waals surface area contributed by atoms with Crippen molar-refractivity contribution in [1.29, 1.82) is 0 Å². The molecular weight excluding hydrogens is 654 g/mol. The standard InChI is InChI=1S/C39H55N3O9.8H2/c1-4-7-10-13-16-19-22-49-34(43)28-40-37(46)31-25-32(38(47)41-29-35(44)50-23-20-17-14-11-8-5-2)27-33(26-31)39(48)42-30-36(45)51-24-21-18-15-12-9-6-3;;;;;;;;/h22,31-33H,1,5-6,8-9,11-12,14-15,17-18,20-21,23-30H2,2-3H3,(H,40,46)(H,41,47)(H,42,48);8*1H/t31?,32-,33+;;;;;;;;. The molecule has 12 heteroatoms. The summed E-state index contributed by atoms with van der Waals surface area (Å²) in [6, 6.07) is 0. The number of carbonyl (C=O) groups excluding carboxylic acids is 6. The Balaban J connectivity index is -0.000000542. The van der Waals surface area contributed by atoms with Gasteiger partial charge >= 0.3 is 17.9 Å². The molecule has 12 nitrogen and oxygen atoms in total. The van der Waals surface area contributed by atoms with Crippen molar-refractivity contribution in [3.63, 3.8) is 0 Å². The van der Waals surface area contributed by atoms with Gasteiger partial charge in [0.25, 0.3) is 0 Å². The number of rotatable bonds is 24. The molecule has 1 fully saturated rings. The molecule has 0 saturated heterocycles. The molecule has 0 aromatic carbocycles. The van der Waals surface area contributed by atoms with E-state index in [1.807, 2.05) is 0 Å². The molecule has 1 saturated carbocycles. The molecule has 0 aliphatic heterocycles. The molecule has 3 N–H and O–H groups in total. The first-order valence-corrected chi connectivity index (χ1v) is 18.1. The van der Waals surface area contributed by atoms with Gasteiger partial charge in [0.15, 0.2) is 0 Å². The van der Waals surface area contributed by atoms with Crippen molar-refractivity contribution in [2.24, 2.45) is 17.8 Å². The largest absolute Gasteiger partial charge is 0.464 e. The van der Waals surface area contributed by atoms with E-state index in [0.717, 1.165) is 70.5 Å². The normalized spacial score (nSPS) is 15.8. The fourth-order valence-corrected chi connectivity index (χ4v) is 5.42. The molecule has 0 spiro atoms. The minimum absolute atomic E-state index is 0. The van der Waals surface area contributed by atoms with Crippen LogP contribution >= 0.6 is 0 Å². The van der Waals surface area contributed by atoms with Crippen molar-refractivity contribution in [3.8, 4) is 0 Å². The lowest BCUT2D eigenvalue weighted by Crippen LogP contribution is -2.46. The van der Waals surface area contributed by atoms with Crippen LogP contribution in [0.25, 0.3) is 0 Å². The van der Waals surface area contributed by atoms with Crippen LogP contribution in [0.2, 0.25) is 0 Å². The van der Waals surface area contributed by atoms with E-state index in [0.29, 0.717) is 0 Å². The maximum Gasteiger partial charge on any atom is 0.330 e. The minimum atomic E-state index is -0.814. The monoisotopic (exact) mass is 726 g/mol. The van der Waals surface area contributed by atoms with Gasteiger partial charge in [0, 0.05) is 29.2 Å². The summed E-state index contributed by atoms with van der Waals surface area (Å²) in [5, 5.41) is 7.62. The molecule has 1 aliphatic rings. The molecule has 3 atom stereocenters. The van der Waals surface area contributed by atoms with Crippen LogP contribution in [-0.2, 0) is 43.0 Å². The highest BCUT2D eigenvalue weighted by Crippen LogP contribution is 2.34. The average molecular weight is 726 g/mol. The molecule has 1 unspecified atom stereocenters. The second-order valence-electron chi connectivity index (χ2n) is 12.4. The topological polar surface area (TPSA) is 166 Å². The van der Waals surface area contributed by atoms with E-state index in [4.69, 9.17) is 14.2 Å². The van der Waals surface area contributed by atoms with Gasteiger partial charge in [-0.25, -0.2) is 4.79 Å². The van der Waals surface area contributed by atoms with E-state index >= 15 is 0 Å². The summed E-state index contributed by atoms with van der Waals surface area (Å²) in [6.07, 6.45) is 13.7. The zero-order chi connectivity index (χ0) is 37.5. The molecular formula is C39H71N3O9. The quantitative estimate of drug-likeness (QED) is 0.0320. The van der Waals surface area contributed by atoms with Crippen molar-refractivity contribution in [2.45, 2.75) is 110 Å². The number of amides is 3. The number of hydrogen-bond acceptors (Lipinski definition) is 9. The Kier molecular flexibility index (Phi) is 25.2. The Morgan fingerprint density at radius 2 is 0.980 bits per heavy atom. The zero-order valence-corrected chi connectivity index (χ0v) is 30.3. The van der Waals surface area contributed by atoms with Crippen molar-refractivity contribution in [1.82, 2.24) is 16.0 Å². The van der Waals surface area contributed by atoms with Crippen LogP contribution in [0.3, 0.4) is 0 Å². The van der Waals surface area contributed by atoms with Gasteiger partial charge in [-0.1, -0.05) is 83.8 Å². The third kappa shape index (κ3) is 22.6. The van der Waals surface area contributed by atoms with Crippen LogP contribution in [0.15, 0.2) is 47.2 Å². The molecule has 296 valence electrons. The lowest BCUT2D eigenvalue weighted by Gasteiger charge is -2.32. The van der Waals surface area contributed by atoms with Crippen LogP contribution in [-0.4, -0.2) is 68.5 Å². The zero-order valence-electron chi connectivity index (χ0n) is 30.3. The van der Waals surface area contributed by atoms with Crippen LogP contribution in [0, 0.1) is 17.8 Å². The second-order valence-corrected chi connectivity index (χ2v) is 12.4. The molecule has 0 radical (unpaired) electrons. The molecule has 1 aliphatic carbocycles. The van der Waals surface area contributed by atoms with Crippen molar-refractivity contribution in [2.75, 3.05) is 32.8 Å². The Hall–Kier alpha value is -4.76. The van der Waals surface area contributed by atoms with E-state index in [-0.39, 0.29) is 57.0 Å². The van der Waals surface area contributed by atoms with Crippen molar-refractivity contribution in [3.05, 3.63) is 47.2 Å². The number of carbonyl (C=O) groups is 6. The molecule has 0 aromatic heterocycles. The summed E-state index contributed by atoms with van der Waals surface area (Å²) in [5.74, 6) is -5.89. The van der Waals surface area contributed by atoms with Gasteiger partial charge in [0.2, 0.25) is 17.7 Å². The SMILES string of the molecule is C=C=C=C=C=C=C=COC(=O)CNC(=O)C1C[C@@H](C(=O)NCC(=O)OCCCCCCCC)C[C@@H](C(=O)NCC(=O)OCCCCCCCC)C1.[HH].[HH].[HH].[HH].[HH].[HH].[HH].[HH]. The Labute approximate surface area is 314 Å². The molecule has 1 rings (SSSR count). The minimum Gasteiger partial charge on any atom is -0.464 e. The van der Waals surface area contributed by atoms with Gasteiger partial charge in [-0.15, -0.1) is 0 Å². The smallest absolute Gasteiger partial charge is 0.330 e. The van der Waals surface area contributed by atoms with Crippen molar-refractivity contribution >= 4 is 35.6 Å². The van der Waals surface area contributed by atoms with Gasteiger partial charge in [0.05, 0.1) is 13.2 Å². The van der Waals surface area contributed by atoms with E-state index in [2.05, 4.69) is 70.8 Å². The fraction of sp³-hybridized carbons (Fsp3) is 0.641. The number of esters is 3. The van der Waals surface area contributed by atoms with Crippen LogP contribution in [0.4, 0.5) is 0 Å². The van der Waals surface area contributed by atoms with E-state index in [1.165, 1.54) is 12.8 Å². The molecule has 3 amide bonds. The maximum atomic E-state index is 13.1. The summed E-state index contributed by atoms with van der Waals surface area (Å²) in [4.78, 5) is 76.0. The third-order valence-corrected chi connectivity index (χ3v) is 8.16. The Morgan fingerprint density at radius 3 is 1.41 bits per heavy atom. The van der Waals surface area contributed by atoms with Gasteiger partial charge in [-0.05, 0) is 67.3 Å². The van der Waals surface area contributed by atoms with E-state index < -0.39 is 59.9 Å². The summed E-state index contributed by atoms with van der Waals surface area (Å²) in [6.45, 7) is 6.96. The first-order chi connectivity index (χ1) is 24.7. The second kappa shape index (κ2) is 29.0. The molecule has 0 heterocycles. The number of ether oxygens (including phenoxy) is 3. The number of nitrogens with one attached hydrogen (secondary N) is 3. The molecule has 51 heavy (non-hydrogen) atoms. The highest BCUT2D eigenvalue weighted by Gasteiger charge is 2.39. The Morgan fingerprint density at radius 1 is 0.588 bits per heavy atom. The summed E-state index contributed by atoms with van der Waals surface area (Å²) < 4.78 is 15.3. The van der Waals surface area contributed by atoms with Crippen LogP contribution < -0.4 is 16.0 Å². The lowest BCUT2D eigenvalue weighted by atomic mass is 9.74. The lowest BCUT2D eigenvalue weighted by molar-refractivity contribution is -0.146. The summed E-state index contributed by atoms with van der Waals surface area (Å²) in [5.41, 5.74) is 14.4. The van der Waals surface area contributed by atoms with Crippen molar-refractivity contribution < 1.29 is 54.4 Å². The fourth-order valence-electron chi connectivity index (χ4n) is 5.42. The number of unbranched alkanes of at least 4 members (excludes halogenated alkanes) is 10. The van der Waals surface area contributed by atoms with E-state index in [9.17, 15) is 28.8 Å². The predicted octanol–water partition coefficient (Wildman–Crippen LogP) is 6.76. The first-order valence-electron chi connectivity index (χ1n) is 18.1. The van der Waals surface area contributed by atoms with Crippen LogP contribution in [0.5, 0.6) is 0 Å². The maximum absolute atomic E-state index is 13.1.